The number of aromatic nitrogens is 1. The number of hydrogen-bond acceptors (Lipinski definition) is 5. The third kappa shape index (κ3) is 8.31. The molecule has 0 saturated heterocycles. The molecule has 0 aliphatic carbocycles. The fourth-order valence-corrected chi connectivity index (χ4v) is 3.81. The van der Waals surface area contributed by atoms with E-state index in [0.717, 1.165) is 68.3 Å². The molecular formula is C22H34N4O2S. The minimum Gasteiger partial charge on any atom is -0.493 e. The van der Waals surface area contributed by atoms with E-state index in [2.05, 4.69) is 38.1 Å². The number of hydrogen-bond donors (Lipinski definition) is 2. The number of nitrogens with zero attached hydrogens (tertiary/aromatic N) is 2. The summed E-state index contributed by atoms with van der Waals surface area (Å²) in [5.41, 5.74) is 2.37. The van der Waals surface area contributed by atoms with Gasteiger partial charge in [0.2, 0.25) is 0 Å². The molecule has 0 atom stereocenters. The van der Waals surface area contributed by atoms with Crippen molar-refractivity contribution in [2.75, 3.05) is 33.9 Å². The molecule has 7 heteroatoms. The standard InChI is InChI=1S/C22H34N4O2S/c1-5-28-20-15-18(11-12-19(20)27-4)9-8-14-25-22(23-3)24-13-7-6-10-21-26-17(2)16-29-21/h11-12,15-16H,5-10,13-14H2,1-4H3,(H2,23,24,25). The molecule has 0 unspecified atom stereocenters. The fourth-order valence-electron chi connectivity index (χ4n) is 2.99. The number of rotatable bonds is 12. The topological polar surface area (TPSA) is 67.8 Å². The summed E-state index contributed by atoms with van der Waals surface area (Å²) in [5, 5.41) is 10.1. The highest BCUT2D eigenvalue weighted by atomic mass is 32.1. The lowest BCUT2D eigenvalue weighted by atomic mass is 10.1. The Balaban J connectivity index is 1.62. The molecule has 0 bridgehead atoms. The number of thiazole rings is 1. The molecule has 29 heavy (non-hydrogen) atoms. The highest BCUT2D eigenvalue weighted by Crippen LogP contribution is 2.28. The molecule has 0 aliphatic rings. The molecule has 1 heterocycles. The maximum absolute atomic E-state index is 5.65. The van der Waals surface area contributed by atoms with Crippen molar-refractivity contribution >= 4 is 17.3 Å². The van der Waals surface area contributed by atoms with Gasteiger partial charge in [-0.3, -0.25) is 4.99 Å². The highest BCUT2D eigenvalue weighted by molar-refractivity contribution is 7.09. The summed E-state index contributed by atoms with van der Waals surface area (Å²) in [4.78, 5) is 8.81. The van der Waals surface area contributed by atoms with Crippen LogP contribution in [-0.4, -0.2) is 44.8 Å². The minimum atomic E-state index is 0.632. The Hall–Kier alpha value is -2.28. The van der Waals surface area contributed by atoms with Crippen molar-refractivity contribution in [3.8, 4) is 11.5 Å². The molecule has 0 aliphatic heterocycles. The molecule has 0 saturated carbocycles. The summed E-state index contributed by atoms with van der Waals surface area (Å²) in [7, 11) is 3.48. The van der Waals surface area contributed by atoms with Crippen LogP contribution < -0.4 is 20.1 Å². The maximum Gasteiger partial charge on any atom is 0.190 e. The number of aliphatic imine (C=N–C) groups is 1. The van der Waals surface area contributed by atoms with Gasteiger partial charge in [-0.05, 0) is 63.6 Å². The second-order valence-electron chi connectivity index (χ2n) is 6.79. The Bertz CT molecular complexity index is 761. The first-order valence-electron chi connectivity index (χ1n) is 10.3. The largest absolute Gasteiger partial charge is 0.493 e. The van der Waals surface area contributed by atoms with Crippen LogP contribution in [0.5, 0.6) is 11.5 Å². The second-order valence-corrected chi connectivity index (χ2v) is 7.73. The number of guanidine groups is 1. The quantitative estimate of drug-likeness (QED) is 0.310. The van der Waals surface area contributed by atoms with Gasteiger partial charge in [-0.15, -0.1) is 11.3 Å². The first-order chi connectivity index (χ1) is 14.2. The Morgan fingerprint density at radius 2 is 1.90 bits per heavy atom. The predicted molar refractivity (Wildman–Crippen MR) is 122 cm³/mol. The molecular weight excluding hydrogens is 384 g/mol. The van der Waals surface area contributed by atoms with Gasteiger partial charge in [0.1, 0.15) is 0 Å². The Kier molecular flexibility index (Phi) is 10.3. The molecule has 1 aromatic heterocycles. The van der Waals surface area contributed by atoms with Gasteiger partial charge in [0.25, 0.3) is 0 Å². The van der Waals surface area contributed by atoms with E-state index in [4.69, 9.17) is 9.47 Å². The van der Waals surface area contributed by atoms with Crippen molar-refractivity contribution in [3.05, 3.63) is 39.8 Å². The van der Waals surface area contributed by atoms with Gasteiger partial charge in [-0.25, -0.2) is 4.98 Å². The lowest BCUT2D eigenvalue weighted by molar-refractivity contribution is 0.310. The number of ether oxygens (including phenoxy) is 2. The first kappa shape index (κ1) is 23.0. The van der Waals surface area contributed by atoms with E-state index in [1.807, 2.05) is 27.0 Å². The first-order valence-corrected chi connectivity index (χ1v) is 11.2. The molecule has 6 nitrogen and oxygen atoms in total. The molecule has 0 fully saturated rings. The third-order valence-corrected chi connectivity index (χ3v) is 5.49. The highest BCUT2D eigenvalue weighted by Gasteiger charge is 2.05. The average molecular weight is 419 g/mol. The van der Waals surface area contributed by atoms with Crippen molar-refractivity contribution in [3.63, 3.8) is 0 Å². The van der Waals surface area contributed by atoms with Gasteiger partial charge in [-0.1, -0.05) is 6.07 Å². The lowest BCUT2D eigenvalue weighted by Crippen LogP contribution is -2.38. The van der Waals surface area contributed by atoms with E-state index < -0.39 is 0 Å². The van der Waals surface area contributed by atoms with Crippen LogP contribution in [0, 0.1) is 6.92 Å². The van der Waals surface area contributed by atoms with Gasteiger partial charge in [0, 0.05) is 31.2 Å². The molecule has 0 amide bonds. The van der Waals surface area contributed by atoms with Crippen molar-refractivity contribution in [2.24, 2.45) is 4.99 Å². The molecule has 160 valence electrons. The summed E-state index contributed by atoms with van der Waals surface area (Å²) < 4.78 is 11.0. The Morgan fingerprint density at radius 3 is 2.55 bits per heavy atom. The number of aryl methyl sites for hydroxylation is 3. The molecule has 0 spiro atoms. The van der Waals surface area contributed by atoms with Crippen LogP contribution in [0.1, 0.15) is 42.5 Å². The van der Waals surface area contributed by atoms with Gasteiger partial charge >= 0.3 is 0 Å². The minimum absolute atomic E-state index is 0.632. The molecule has 2 aromatic rings. The van der Waals surface area contributed by atoms with Crippen molar-refractivity contribution in [1.29, 1.82) is 0 Å². The number of nitrogens with one attached hydrogen (secondary N) is 2. The zero-order valence-corrected chi connectivity index (χ0v) is 18.9. The summed E-state index contributed by atoms with van der Waals surface area (Å²) in [6.07, 6.45) is 5.28. The van der Waals surface area contributed by atoms with Crippen molar-refractivity contribution < 1.29 is 9.47 Å². The smallest absolute Gasteiger partial charge is 0.190 e. The number of methoxy groups -OCH3 is 1. The van der Waals surface area contributed by atoms with Crippen molar-refractivity contribution in [2.45, 2.75) is 46.0 Å². The Labute approximate surface area is 178 Å². The molecule has 2 rings (SSSR count). The summed E-state index contributed by atoms with van der Waals surface area (Å²) in [6, 6.07) is 6.14. The van der Waals surface area contributed by atoms with Crippen LogP contribution in [0.3, 0.4) is 0 Å². The van der Waals surface area contributed by atoms with Gasteiger partial charge < -0.3 is 20.1 Å². The molecule has 0 radical (unpaired) electrons. The van der Waals surface area contributed by atoms with Crippen LogP contribution >= 0.6 is 11.3 Å². The summed E-state index contributed by atoms with van der Waals surface area (Å²) in [5.74, 6) is 2.45. The van der Waals surface area contributed by atoms with Gasteiger partial charge in [0.05, 0.1) is 18.7 Å². The zero-order chi connectivity index (χ0) is 20.9. The maximum atomic E-state index is 5.65. The van der Waals surface area contributed by atoms with E-state index in [1.165, 1.54) is 10.6 Å². The lowest BCUT2D eigenvalue weighted by Gasteiger charge is -2.13. The van der Waals surface area contributed by atoms with Crippen LogP contribution in [0.25, 0.3) is 0 Å². The van der Waals surface area contributed by atoms with E-state index in [0.29, 0.717) is 6.61 Å². The van der Waals surface area contributed by atoms with Crippen LogP contribution in [0.2, 0.25) is 0 Å². The average Bonchev–Trinajstić information content (AvgIpc) is 3.14. The van der Waals surface area contributed by atoms with E-state index in [9.17, 15) is 0 Å². The van der Waals surface area contributed by atoms with Crippen molar-refractivity contribution in [1.82, 2.24) is 15.6 Å². The summed E-state index contributed by atoms with van der Waals surface area (Å²) in [6.45, 7) is 6.44. The third-order valence-electron chi connectivity index (χ3n) is 4.46. The van der Waals surface area contributed by atoms with Gasteiger partial charge in [0.15, 0.2) is 17.5 Å². The SMILES string of the molecule is CCOc1cc(CCCNC(=NC)NCCCCc2nc(C)cs2)ccc1OC. The van der Waals surface area contributed by atoms with Crippen LogP contribution in [-0.2, 0) is 12.8 Å². The molecule has 2 N–H and O–H groups in total. The monoisotopic (exact) mass is 418 g/mol. The van der Waals surface area contributed by atoms with E-state index >= 15 is 0 Å². The number of unbranched alkanes of at least 4 members (excludes halogenated alkanes) is 1. The van der Waals surface area contributed by atoms with Crippen LogP contribution in [0.4, 0.5) is 0 Å². The van der Waals surface area contributed by atoms with E-state index in [-0.39, 0.29) is 0 Å². The second kappa shape index (κ2) is 13.0. The fraction of sp³-hybridized carbons (Fsp3) is 0.545. The normalized spacial score (nSPS) is 11.4. The molecule has 1 aromatic carbocycles. The van der Waals surface area contributed by atoms with E-state index in [1.54, 1.807) is 18.4 Å². The zero-order valence-electron chi connectivity index (χ0n) is 18.1. The Morgan fingerprint density at radius 1 is 1.10 bits per heavy atom. The van der Waals surface area contributed by atoms with Crippen LogP contribution in [0.15, 0.2) is 28.6 Å². The number of benzene rings is 1. The predicted octanol–water partition coefficient (Wildman–Crippen LogP) is 3.98. The van der Waals surface area contributed by atoms with Gasteiger partial charge in [-0.2, -0.15) is 0 Å². The summed E-state index contributed by atoms with van der Waals surface area (Å²) >= 11 is 1.75.